The number of nitrogens with zero attached hydrogens (tertiary/aromatic N) is 2. The van der Waals surface area contributed by atoms with Gasteiger partial charge in [0.2, 0.25) is 0 Å². The van der Waals surface area contributed by atoms with Gasteiger partial charge in [0.1, 0.15) is 5.82 Å². The van der Waals surface area contributed by atoms with E-state index in [-0.39, 0.29) is 6.04 Å². The van der Waals surface area contributed by atoms with E-state index < -0.39 is 0 Å². The van der Waals surface area contributed by atoms with Gasteiger partial charge < -0.3 is 4.57 Å². The molecule has 1 atom stereocenters. The fraction of sp³-hybridized carbons (Fsp3) is 0.327. The molecule has 3 aromatic rings. The molecule has 0 aliphatic heterocycles. The number of benzene rings is 2. The second-order valence-electron chi connectivity index (χ2n) is 13.2. The van der Waals surface area contributed by atoms with Crippen LogP contribution >= 0.6 is 0 Å². The van der Waals surface area contributed by atoms with Gasteiger partial charge in [0.15, 0.2) is 0 Å². The molecular formula is C49H62N2. The van der Waals surface area contributed by atoms with Gasteiger partial charge in [-0.2, -0.15) is 0 Å². The maximum absolute atomic E-state index is 4.97. The van der Waals surface area contributed by atoms with E-state index in [0.717, 1.165) is 47.5 Å². The highest BCUT2D eigenvalue weighted by Crippen LogP contribution is 2.27. The molecule has 0 saturated heterocycles. The minimum absolute atomic E-state index is 0.127. The zero-order chi connectivity index (χ0) is 37.2. The lowest BCUT2D eigenvalue weighted by Gasteiger charge is -2.19. The summed E-state index contributed by atoms with van der Waals surface area (Å²) >= 11 is 0. The first-order valence-corrected chi connectivity index (χ1v) is 19.0. The number of unbranched alkanes of at least 4 members (excludes halogenated alkanes) is 3. The predicted octanol–water partition coefficient (Wildman–Crippen LogP) is 12.4. The van der Waals surface area contributed by atoms with Crippen LogP contribution in [0.5, 0.6) is 0 Å². The summed E-state index contributed by atoms with van der Waals surface area (Å²) in [4.78, 5) is 4.97. The van der Waals surface area contributed by atoms with Crippen LogP contribution < -0.4 is 10.4 Å². The molecule has 2 nitrogen and oxygen atoms in total. The summed E-state index contributed by atoms with van der Waals surface area (Å²) in [6, 6.07) is 10.7. The Morgan fingerprint density at radius 2 is 1.67 bits per heavy atom. The molecule has 1 heterocycles. The molecular weight excluding hydrogens is 617 g/mol. The maximum atomic E-state index is 4.97. The molecule has 0 radical (unpaired) electrons. The molecule has 0 aliphatic carbocycles. The fourth-order valence-electron chi connectivity index (χ4n) is 6.79. The van der Waals surface area contributed by atoms with Crippen LogP contribution in [0.1, 0.15) is 126 Å². The van der Waals surface area contributed by atoms with Gasteiger partial charge >= 0.3 is 0 Å². The van der Waals surface area contributed by atoms with Crippen LogP contribution in [-0.2, 0) is 19.3 Å². The van der Waals surface area contributed by atoms with Gasteiger partial charge in [0.05, 0.1) is 6.04 Å². The van der Waals surface area contributed by atoms with Crippen molar-refractivity contribution in [1.29, 1.82) is 0 Å². The van der Waals surface area contributed by atoms with Gasteiger partial charge in [-0.3, -0.25) is 0 Å². The Morgan fingerprint density at radius 3 is 2.31 bits per heavy atom. The lowest BCUT2D eigenvalue weighted by molar-refractivity contribution is 0.591. The van der Waals surface area contributed by atoms with E-state index in [2.05, 4.69) is 163 Å². The van der Waals surface area contributed by atoms with Crippen LogP contribution in [0, 0.1) is 0 Å². The van der Waals surface area contributed by atoms with Crippen molar-refractivity contribution >= 4 is 35.5 Å². The molecule has 3 rings (SSSR count). The molecule has 51 heavy (non-hydrogen) atoms. The van der Waals surface area contributed by atoms with E-state index in [1.807, 2.05) is 12.2 Å². The molecule has 0 spiro atoms. The highest BCUT2D eigenvalue weighted by molar-refractivity contribution is 5.79. The third-order valence-corrected chi connectivity index (χ3v) is 9.53. The Balaban J connectivity index is 2.12. The normalized spacial score (nSPS) is 14.0. The lowest BCUT2D eigenvalue weighted by Crippen LogP contribution is -2.33. The van der Waals surface area contributed by atoms with Crippen LogP contribution in [0.3, 0.4) is 0 Å². The third kappa shape index (κ3) is 10.9. The molecule has 2 heteroatoms. The van der Waals surface area contributed by atoms with Crippen molar-refractivity contribution < 1.29 is 0 Å². The highest BCUT2D eigenvalue weighted by Gasteiger charge is 2.17. The van der Waals surface area contributed by atoms with E-state index in [4.69, 9.17) is 11.6 Å². The molecule has 0 amide bonds. The van der Waals surface area contributed by atoms with E-state index in [1.165, 1.54) is 70.3 Å². The van der Waals surface area contributed by atoms with E-state index >= 15 is 0 Å². The predicted molar refractivity (Wildman–Crippen MR) is 229 cm³/mol. The Morgan fingerprint density at radius 1 is 0.922 bits per heavy atom. The SMILES string of the molecule is C=C/C=C(\C=C/CC)c1ncc(CCCCCC)n1C(C)/C=C\Cc1c(CC)c(C=C)c(/C(C)=C/C=C(\C)c2ccccc2)/c(=C/C=C\C)c1=C. The molecule has 1 aromatic heterocycles. The zero-order valence-electron chi connectivity index (χ0n) is 32.6. The standard InChI is InChI=1S/C49H62N2/c1-11-17-20-24-31-43-36-50-49(42(26-14-4)28-18-12-2)51(43)39(9)27-25-33-46-40(10)47(32-19-13-3)48(45(16-6)44(46)15-5)38(8)35-34-37(7)41-29-22-21-23-30-41/h13-14,16,18-19,21-23,25-30,32,34-36,39H,4,6,10-12,15,17,20,24,31,33H2,1-3,5,7-9H3/b19-13-,27-25-,28-18-,37-34+,38-35+,42-26+,47-32+. The monoisotopic (exact) mass is 678 g/mol. The average molecular weight is 679 g/mol. The second-order valence-corrected chi connectivity index (χ2v) is 13.2. The maximum Gasteiger partial charge on any atom is 0.140 e. The number of aryl methyl sites for hydroxylation is 1. The van der Waals surface area contributed by atoms with E-state index in [9.17, 15) is 0 Å². The lowest BCUT2D eigenvalue weighted by atomic mass is 9.86. The van der Waals surface area contributed by atoms with Gasteiger partial charge in [0.25, 0.3) is 0 Å². The summed E-state index contributed by atoms with van der Waals surface area (Å²) < 4.78 is 2.42. The number of hydrogen-bond acceptors (Lipinski definition) is 1. The fourth-order valence-corrected chi connectivity index (χ4v) is 6.79. The van der Waals surface area contributed by atoms with Gasteiger partial charge in [-0.15, -0.1) is 0 Å². The number of allylic oxidation sites excluding steroid dienone is 13. The summed E-state index contributed by atoms with van der Waals surface area (Å²) in [5.41, 5.74) is 11.0. The average Bonchev–Trinajstić information content (AvgIpc) is 3.57. The molecule has 0 aliphatic rings. The molecule has 0 fully saturated rings. The summed E-state index contributed by atoms with van der Waals surface area (Å²) in [5, 5.41) is 2.24. The topological polar surface area (TPSA) is 17.8 Å². The first-order chi connectivity index (χ1) is 24.8. The van der Waals surface area contributed by atoms with Gasteiger partial charge in [0, 0.05) is 17.5 Å². The number of imidazole rings is 1. The summed E-state index contributed by atoms with van der Waals surface area (Å²) in [5.74, 6) is 0.995. The summed E-state index contributed by atoms with van der Waals surface area (Å²) in [6.45, 7) is 28.4. The molecule has 1 unspecified atom stereocenters. The van der Waals surface area contributed by atoms with Crippen LogP contribution in [0.4, 0.5) is 0 Å². The van der Waals surface area contributed by atoms with E-state index in [0.29, 0.717) is 0 Å². The second kappa shape index (κ2) is 21.5. The van der Waals surface area contributed by atoms with Crippen molar-refractivity contribution in [2.45, 2.75) is 106 Å². The number of hydrogen-bond donors (Lipinski definition) is 0. The summed E-state index contributed by atoms with van der Waals surface area (Å²) in [6.07, 6.45) is 36.6. The van der Waals surface area contributed by atoms with Gasteiger partial charge in [-0.05, 0) is 109 Å². The summed E-state index contributed by atoms with van der Waals surface area (Å²) in [7, 11) is 0. The van der Waals surface area contributed by atoms with E-state index in [1.54, 1.807) is 0 Å². The smallest absolute Gasteiger partial charge is 0.140 e. The quantitative estimate of drug-likeness (QED) is 0.0701. The Bertz CT molecular complexity index is 1900. The Kier molecular flexibility index (Phi) is 17.2. The number of rotatable bonds is 19. The highest BCUT2D eigenvalue weighted by atomic mass is 15.1. The molecule has 0 saturated carbocycles. The minimum Gasteiger partial charge on any atom is -0.322 e. The Hall–Kier alpha value is -4.69. The van der Waals surface area contributed by atoms with Crippen molar-refractivity contribution in [2.75, 3.05) is 0 Å². The van der Waals surface area contributed by atoms with Crippen molar-refractivity contribution in [3.8, 4) is 0 Å². The van der Waals surface area contributed by atoms with Crippen molar-refractivity contribution in [2.24, 2.45) is 0 Å². The van der Waals surface area contributed by atoms with Crippen LogP contribution in [0.25, 0.3) is 35.5 Å². The van der Waals surface area contributed by atoms with Crippen LogP contribution in [0.15, 0.2) is 110 Å². The largest absolute Gasteiger partial charge is 0.322 e. The Labute approximate surface area is 310 Å². The molecule has 0 bridgehead atoms. The first-order valence-electron chi connectivity index (χ1n) is 19.0. The van der Waals surface area contributed by atoms with Crippen LogP contribution in [0.2, 0.25) is 0 Å². The van der Waals surface area contributed by atoms with Gasteiger partial charge in [-0.25, -0.2) is 4.98 Å². The molecule has 268 valence electrons. The van der Waals surface area contributed by atoms with Crippen molar-refractivity contribution in [3.05, 3.63) is 160 Å². The first kappa shape index (κ1) is 40.7. The molecule has 2 aromatic carbocycles. The van der Waals surface area contributed by atoms with Crippen molar-refractivity contribution in [3.63, 3.8) is 0 Å². The zero-order valence-corrected chi connectivity index (χ0v) is 32.6. The van der Waals surface area contributed by atoms with Crippen LogP contribution in [-0.4, -0.2) is 9.55 Å². The minimum atomic E-state index is 0.127. The van der Waals surface area contributed by atoms with Gasteiger partial charge in [-0.1, -0.05) is 163 Å². The van der Waals surface area contributed by atoms with Crippen molar-refractivity contribution in [1.82, 2.24) is 9.55 Å². The molecule has 0 N–H and O–H groups in total. The number of aromatic nitrogens is 2. The third-order valence-electron chi connectivity index (χ3n) is 9.53.